The molecule has 0 saturated carbocycles. The van der Waals surface area contributed by atoms with Crippen molar-refractivity contribution >= 4 is 37.6 Å². The third kappa shape index (κ3) is 5.40. The minimum absolute atomic E-state index is 0.410. The summed E-state index contributed by atoms with van der Waals surface area (Å²) in [5, 5.41) is 18.2. The summed E-state index contributed by atoms with van der Waals surface area (Å²) in [5.74, 6) is 0.554. The molecule has 1 heterocycles. The standard InChI is InChI=1S/C26H27BrN2O2.C6H4/c1-29(2)14-13-26(30,23-10-6-8-18-7-4-5-9-22(18)23)17-20-15-19-16-21(27)11-12-24(19)28-25(20)31-3;1-2-6-4-3-5(1)6/h4-12,15-16,30H,13-14,17H2,1-3H3;1-4H. The average Bonchev–Trinajstić information content (AvgIpc) is 2.89. The normalized spacial score (nSPS) is 13.2. The number of aromatic nitrogens is 1. The van der Waals surface area contributed by atoms with E-state index in [1.807, 2.05) is 56.6 Å². The van der Waals surface area contributed by atoms with Crippen LogP contribution >= 0.6 is 15.9 Å². The van der Waals surface area contributed by atoms with E-state index in [1.54, 1.807) is 7.11 Å². The maximum absolute atomic E-state index is 12.1. The number of nitrogens with zero attached hydrogens (tertiary/aromatic N) is 2. The first-order chi connectivity index (χ1) is 17.9. The van der Waals surface area contributed by atoms with Crippen molar-refractivity contribution in [2.24, 2.45) is 0 Å². The van der Waals surface area contributed by atoms with E-state index in [2.05, 4.69) is 69.4 Å². The van der Waals surface area contributed by atoms with Crippen LogP contribution in [-0.4, -0.2) is 42.7 Å². The van der Waals surface area contributed by atoms with Crippen molar-refractivity contribution in [3.05, 3.63) is 117 Å². The van der Waals surface area contributed by atoms with Crippen molar-refractivity contribution in [3.63, 3.8) is 0 Å². The molecule has 0 fully saturated rings. The summed E-state index contributed by atoms with van der Waals surface area (Å²) in [6, 6.07) is 30.9. The molecule has 0 bridgehead atoms. The van der Waals surface area contributed by atoms with Gasteiger partial charge in [0.25, 0.3) is 0 Å². The third-order valence-corrected chi connectivity index (χ3v) is 7.47. The fourth-order valence-corrected chi connectivity index (χ4v) is 5.19. The Morgan fingerprint density at radius 2 is 1.57 bits per heavy atom. The van der Waals surface area contributed by atoms with Gasteiger partial charge in [-0.15, -0.1) is 0 Å². The van der Waals surface area contributed by atoms with Crippen LogP contribution in [0.5, 0.6) is 5.88 Å². The zero-order valence-electron chi connectivity index (χ0n) is 21.4. The molecule has 1 N–H and O–H groups in total. The molecular weight excluding hydrogens is 524 g/mol. The van der Waals surface area contributed by atoms with Crippen LogP contribution in [0.4, 0.5) is 0 Å². The monoisotopic (exact) mass is 554 g/mol. The molecule has 0 saturated heterocycles. The molecule has 0 spiro atoms. The number of hydrogen-bond acceptors (Lipinski definition) is 4. The first-order valence-electron chi connectivity index (χ1n) is 12.5. The molecule has 2 aliphatic carbocycles. The van der Waals surface area contributed by atoms with Gasteiger partial charge in [0.1, 0.15) is 0 Å². The second kappa shape index (κ2) is 10.6. The van der Waals surface area contributed by atoms with Crippen molar-refractivity contribution in [2.45, 2.75) is 18.4 Å². The molecule has 1 aromatic heterocycles. The van der Waals surface area contributed by atoms with Crippen LogP contribution in [0.3, 0.4) is 0 Å². The van der Waals surface area contributed by atoms with Gasteiger partial charge in [-0.25, -0.2) is 4.98 Å². The Morgan fingerprint density at radius 3 is 2.22 bits per heavy atom. The van der Waals surface area contributed by atoms with Crippen LogP contribution in [0, 0.1) is 10.4 Å². The summed E-state index contributed by atoms with van der Waals surface area (Å²) in [7, 11) is 5.69. The minimum atomic E-state index is -1.07. The first kappa shape index (κ1) is 25.4. The quantitative estimate of drug-likeness (QED) is 0.235. The van der Waals surface area contributed by atoms with Gasteiger partial charge in [-0.1, -0.05) is 82.7 Å². The molecule has 6 rings (SSSR count). The van der Waals surface area contributed by atoms with Gasteiger partial charge < -0.3 is 14.7 Å². The van der Waals surface area contributed by atoms with Gasteiger partial charge in [-0.2, -0.15) is 0 Å². The number of pyridine rings is 1. The Balaban J connectivity index is 0.000000403. The number of rotatable bonds is 7. The third-order valence-electron chi connectivity index (χ3n) is 6.97. The van der Waals surface area contributed by atoms with E-state index < -0.39 is 5.60 Å². The predicted molar refractivity (Wildman–Crippen MR) is 155 cm³/mol. The highest BCUT2D eigenvalue weighted by atomic mass is 79.9. The van der Waals surface area contributed by atoms with Crippen LogP contribution < -0.4 is 4.74 Å². The van der Waals surface area contributed by atoms with Gasteiger partial charge in [-0.3, -0.25) is 0 Å². The zero-order chi connectivity index (χ0) is 26.0. The van der Waals surface area contributed by atoms with E-state index in [4.69, 9.17) is 9.72 Å². The van der Waals surface area contributed by atoms with Crippen LogP contribution in [0.1, 0.15) is 17.5 Å². The van der Waals surface area contributed by atoms with Crippen molar-refractivity contribution in [1.82, 2.24) is 9.88 Å². The van der Waals surface area contributed by atoms with Gasteiger partial charge >= 0.3 is 0 Å². The molecule has 4 nitrogen and oxygen atoms in total. The number of halogens is 1. The van der Waals surface area contributed by atoms with E-state index >= 15 is 0 Å². The molecule has 0 aliphatic heterocycles. The molecule has 2 aliphatic rings. The number of methoxy groups -OCH3 is 1. The highest BCUT2D eigenvalue weighted by molar-refractivity contribution is 9.10. The maximum Gasteiger partial charge on any atom is 0.216 e. The Morgan fingerprint density at radius 1 is 0.865 bits per heavy atom. The van der Waals surface area contributed by atoms with E-state index in [-0.39, 0.29) is 0 Å². The highest BCUT2D eigenvalue weighted by Gasteiger charge is 2.32. The SMILES string of the molecule is COc1nc2ccc(Br)cc2cc1CC(O)(CCN(C)C)c1cccc2ccccc12.c1cc2ccc1=2. The van der Waals surface area contributed by atoms with Crippen molar-refractivity contribution in [2.75, 3.05) is 27.7 Å². The van der Waals surface area contributed by atoms with Crippen molar-refractivity contribution in [3.8, 4) is 5.88 Å². The molecular formula is C32H31BrN2O2. The number of fused-ring (bicyclic) bond motifs is 2. The largest absolute Gasteiger partial charge is 0.481 e. The van der Waals surface area contributed by atoms with E-state index in [0.29, 0.717) is 18.7 Å². The Bertz CT molecular complexity index is 1610. The molecule has 0 radical (unpaired) electrons. The average molecular weight is 556 g/mol. The summed E-state index contributed by atoms with van der Waals surface area (Å²) in [5.41, 5.74) is 1.62. The Hall–Kier alpha value is -3.25. The topological polar surface area (TPSA) is 45.6 Å². The zero-order valence-corrected chi connectivity index (χ0v) is 23.0. The van der Waals surface area contributed by atoms with Gasteiger partial charge in [0.15, 0.2) is 0 Å². The lowest BCUT2D eigenvalue weighted by atomic mass is 9.81. The van der Waals surface area contributed by atoms with Gasteiger partial charge in [0.05, 0.1) is 18.2 Å². The lowest BCUT2D eigenvalue weighted by molar-refractivity contribution is 0.0220. The summed E-state index contributed by atoms with van der Waals surface area (Å²) < 4.78 is 6.63. The summed E-state index contributed by atoms with van der Waals surface area (Å²) in [6.45, 7) is 0.759. The predicted octanol–water partition coefficient (Wildman–Crippen LogP) is 6.83. The van der Waals surface area contributed by atoms with Crippen LogP contribution in [0.15, 0.2) is 95.5 Å². The molecule has 188 valence electrons. The highest BCUT2D eigenvalue weighted by Crippen LogP contribution is 2.37. The van der Waals surface area contributed by atoms with Gasteiger partial charge in [0, 0.05) is 28.4 Å². The molecule has 0 amide bonds. The smallest absolute Gasteiger partial charge is 0.216 e. The summed E-state index contributed by atoms with van der Waals surface area (Å²) >= 11 is 3.54. The summed E-state index contributed by atoms with van der Waals surface area (Å²) in [6.07, 6.45) is 1.00. The molecule has 5 heteroatoms. The van der Waals surface area contributed by atoms with Crippen LogP contribution in [0.2, 0.25) is 0 Å². The molecule has 1 atom stereocenters. The van der Waals surface area contributed by atoms with Crippen molar-refractivity contribution < 1.29 is 9.84 Å². The molecule has 4 aromatic rings. The lowest BCUT2D eigenvalue weighted by Gasteiger charge is -2.32. The van der Waals surface area contributed by atoms with Crippen LogP contribution in [0.25, 0.3) is 21.7 Å². The number of aliphatic hydroxyl groups is 1. The number of benzene rings is 4. The first-order valence-corrected chi connectivity index (χ1v) is 13.2. The molecule has 3 aromatic carbocycles. The number of hydrogen-bond donors (Lipinski definition) is 1. The van der Waals surface area contributed by atoms with E-state index in [0.717, 1.165) is 43.8 Å². The lowest BCUT2D eigenvalue weighted by Crippen LogP contribution is -2.33. The van der Waals surface area contributed by atoms with Crippen molar-refractivity contribution in [1.29, 1.82) is 0 Å². The van der Waals surface area contributed by atoms with E-state index in [9.17, 15) is 5.11 Å². The van der Waals surface area contributed by atoms with Gasteiger partial charge in [0.2, 0.25) is 5.88 Å². The Labute approximate surface area is 226 Å². The molecule has 1 unspecified atom stereocenters. The van der Waals surface area contributed by atoms with Crippen LogP contribution in [-0.2, 0) is 12.0 Å². The fourth-order valence-electron chi connectivity index (χ4n) is 4.81. The number of ether oxygens (including phenoxy) is 1. The second-order valence-electron chi connectivity index (χ2n) is 9.86. The second-order valence-corrected chi connectivity index (χ2v) is 10.8. The minimum Gasteiger partial charge on any atom is -0.481 e. The fraction of sp³-hybridized carbons (Fsp3) is 0.219. The van der Waals surface area contributed by atoms with Gasteiger partial charge in [-0.05, 0) is 71.6 Å². The summed E-state index contributed by atoms with van der Waals surface area (Å²) in [4.78, 5) is 6.81. The van der Waals surface area contributed by atoms with E-state index in [1.165, 1.54) is 10.4 Å². The molecule has 37 heavy (non-hydrogen) atoms. The maximum atomic E-state index is 12.1. The Kier molecular flexibility index (Phi) is 7.29.